The third-order valence-corrected chi connectivity index (χ3v) is 14.4. The van der Waals surface area contributed by atoms with Gasteiger partial charge in [-0.1, -0.05) is 19.1 Å². The summed E-state index contributed by atoms with van der Waals surface area (Å²) in [5, 5.41) is 4.82. The van der Waals surface area contributed by atoms with Crippen LogP contribution in [0.2, 0.25) is 0 Å². The number of allylic oxidation sites excluding steroid dienone is 1. The van der Waals surface area contributed by atoms with Gasteiger partial charge in [0.1, 0.15) is 23.7 Å². The SMILES string of the molecule is COCC1CC(C)CCC=CC2CC2(C(=O)NS(=O)(=O)C2(C)CC2)NC(=O)C2CC(Oc3nc4cc(OC)c(F)cc4nc3C(F)(F)F)CN2C(=O)C1NC(=O)OC(C)(C)C(F)(F)F. The van der Waals surface area contributed by atoms with Crippen molar-refractivity contribution in [2.75, 3.05) is 27.4 Å². The highest BCUT2D eigenvalue weighted by atomic mass is 32.2. The van der Waals surface area contributed by atoms with E-state index in [0.29, 0.717) is 32.8 Å². The van der Waals surface area contributed by atoms with Gasteiger partial charge in [0, 0.05) is 37.5 Å². The van der Waals surface area contributed by atoms with Crippen LogP contribution in [0.25, 0.3) is 11.0 Å². The summed E-state index contributed by atoms with van der Waals surface area (Å²) < 4.78 is 148. The number of sulfonamides is 1. The molecule has 0 spiro atoms. The Morgan fingerprint density at radius 3 is 2.31 bits per heavy atom. The third kappa shape index (κ3) is 9.96. The minimum atomic E-state index is -5.24. The fraction of sp³-hybridized carbons (Fsp3) is 0.650. The maximum atomic E-state index is 14.9. The number of nitrogens with one attached hydrogen (secondary N) is 3. The molecule has 24 heteroatoms. The van der Waals surface area contributed by atoms with Gasteiger partial charge < -0.3 is 34.5 Å². The predicted octanol–water partition coefficient (Wildman–Crippen LogP) is 5.09. The fourth-order valence-corrected chi connectivity index (χ4v) is 9.17. The lowest BCUT2D eigenvalue weighted by atomic mass is 9.87. The van der Waals surface area contributed by atoms with Crippen LogP contribution in [0.1, 0.15) is 78.3 Å². The first kappa shape index (κ1) is 48.5. The molecule has 3 N–H and O–H groups in total. The number of fused-ring (bicyclic) bond motifs is 3. The number of amides is 4. The molecule has 2 saturated carbocycles. The van der Waals surface area contributed by atoms with Crippen molar-refractivity contribution in [2.45, 2.75) is 119 Å². The number of halogens is 7. The molecule has 3 fully saturated rings. The van der Waals surface area contributed by atoms with Gasteiger partial charge in [-0.25, -0.2) is 27.6 Å². The molecule has 2 aliphatic carbocycles. The van der Waals surface area contributed by atoms with E-state index in [4.69, 9.17) is 18.9 Å². The van der Waals surface area contributed by atoms with E-state index in [1.807, 2.05) is 0 Å². The molecule has 2 aromatic rings. The Balaban J connectivity index is 1.42. The van der Waals surface area contributed by atoms with Gasteiger partial charge in [0.15, 0.2) is 11.6 Å². The first-order chi connectivity index (χ1) is 29.6. The Labute approximate surface area is 363 Å². The van der Waals surface area contributed by atoms with Crippen LogP contribution in [0.4, 0.5) is 35.5 Å². The van der Waals surface area contributed by atoms with E-state index in [2.05, 4.69) is 25.3 Å². The monoisotopic (exact) mass is 938 g/mol. The summed E-state index contributed by atoms with van der Waals surface area (Å²) in [4.78, 5) is 65.0. The fourth-order valence-electron chi connectivity index (χ4n) is 7.86. The quantitative estimate of drug-likeness (QED) is 0.211. The summed E-state index contributed by atoms with van der Waals surface area (Å²) in [6.45, 7) is 3.46. The molecule has 1 aromatic heterocycles. The number of methoxy groups -OCH3 is 2. The zero-order valence-electron chi connectivity index (χ0n) is 35.6. The van der Waals surface area contributed by atoms with E-state index in [0.717, 1.165) is 18.1 Å². The molecular formula is C40H49F7N6O10S. The van der Waals surface area contributed by atoms with Crippen molar-refractivity contribution < 1.29 is 77.3 Å². The van der Waals surface area contributed by atoms with Crippen molar-refractivity contribution in [3.05, 3.63) is 35.8 Å². The lowest BCUT2D eigenvalue weighted by Gasteiger charge is -2.35. The van der Waals surface area contributed by atoms with E-state index in [1.165, 1.54) is 14.0 Å². The maximum absolute atomic E-state index is 14.9. The van der Waals surface area contributed by atoms with Crippen molar-refractivity contribution in [3.8, 4) is 11.6 Å². The van der Waals surface area contributed by atoms with Crippen molar-refractivity contribution in [3.63, 3.8) is 0 Å². The lowest BCUT2D eigenvalue weighted by molar-refractivity contribution is -0.244. The zero-order chi connectivity index (χ0) is 47.4. The van der Waals surface area contributed by atoms with Gasteiger partial charge in [0.25, 0.3) is 5.91 Å². The largest absolute Gasteiger partial charge is 0.494 e. The van der Waals surface area contributed by atoms with Gasteiger partial charge >= 0.3 is 18.4 Å². The molecule has 16 nitrogen and oxygen atoms in total. The zero-order valence-corrected chi connectivity index (χ0v) is 36.4. The van der Waals surface area contributed by atoms with Crippen LogP contribution in [0.5, 0.6) is 11.6 Å². The van der Waals surface area contributed by atoms with E-state index in [1.54, 1.807) is 19.1 Å². The maximum Gasteiger partial charge on any atom is 0.438 e. The molecule has 1 aromatic carbocycles. The number of carbonyl (C=O) groups excluding carboxylic acids is 4. The Hall–Kier alpha value is -5.00. The molecule has 3 heterocycles. The van der Waals surface area contributed by atoms with Crippen LogP contribution in [0, 0.1) is 23.6 Å². The van der Waals surface area contributed by atoms with E-state index in [-0.39, 0.29) is 49.5 Å². The van der Waals surface area contributed by atoms with Gasteiger partial charge in [0.2, 0.25) is 39.0 Å². The van der Waals surface area contributed by atoms with Gasteiger partial charge in [-0.15, -0.1) is 0 Å². The van der Waals surface area contributed by atoms with Gasteiger partial charge in [-0.3, -0.25) is 19.1 Å². The number of alkyl carbamates (subject to hydrolysis) is 1. The number of aromatic nitrogens is 2. The Bertz CT molecular complexity index is 2310. The highest BCUT2D eigenvalue weighted by Crippen LogP contribution is 2.48. The number of benzene rings is 1. The first-order valence-corrected chi connectivity index (χ1v) is 21.8. The highest BCUT2D eigenvalue weighted by molar-refractivity contribution is 7.91. The number of ether oxygens (including phenoxy) is 4. The molecular weight excluding hydrogens is 890 g/mol. The van der Waals surface area contributed by atoms with E-state index in [9.17, 15) is 58.3 Å². The van der Waals surface area contributed by atoms with E-state index >= 15 is 0 Å². The smallest absolute Gasteiger partial charge is 0.438 e. The molecule has 6 rings (SSSR count). The van der Waals surface area contributed by atoms with Gasteiger partial charge in [-0.2, -0.15) is 26.3 Å². The van der Waals surface area contributed by atoms with Crippen LogP contribution in [0.15, 0.2) is 24.3 Å². The Kier molecular flexibility index (Phi) is 13.2. The van der Waals surface area contributed by atoms with Crippen molar-refractivity contribution in [1.29, 1.82) is 0 Å². The van der Waals surface area contributed by atoms with Gasteiger partial charge in [0.05, 0.1) is 36.0 Å². The predicted molar refractivity (Wildman–Crippen MR) is 210 cm³/mol. The molecule has 4 aliphatic rings. The summed E-state index contributed by atoms with van der Waals surface area (Å²) >= 11 is 0. The topological polar surface area (TPSA) is 204 Å². The molecule has 354 valence electrons. The number of hydrogen-bond acceptors (Lipinski definition) is 12. The second-order valence-electron chi connectivity index (χ2n) is 17.6. The third-order valence-electron chi connectivity index (χ3n) is 12.2. The summed E-state index contributed by atoms with van der Waals surface area (Å²) in [5.41, 5.74) is -7.41. The normalized spacial score (nSPS) is 27.6. The number of carbonyl (C=O) groups is 4. The first-order valence-electron chi connectivity index (χ1n) is 20.4. The molecule has 0 bridgehead atoms. The second kappa shape index (κ2) is 17.4. The minimum absolute atomic E-state index is 0.0734. The highest BCUT2D eigenvalue weighted by Gasteiger charge is 2.63. The summed E-state index contributed by atoms with van der Waals surface area (Å²) in [6.07, 6.45) is -9.25. The van der Waals surface area contributed by atoms with Crippen LogP contribution < -0.4 is 24.8 Å². The molecule has 0 radical (unpaired) electrons. The van der Waals surface area contributed by atoms with Crippen LogP contribution in [-0.4, -0.2) is 115 Å². The molecule has 4 amide bonds. The summed E-state index contributed by atoms with van der Waals surface area (Å²) in [6, 6.07) is -1.86. The van der Waals surface area contributed by atoms with E-state index < -0.39 is 128 Å². The summed E-state index contributed by atoms with van der Waals surface area (Å²) in [5.74, 6) is -7.78. The minimum Gasteiger partial charge on any atom is -0.494 e. The van der Waals surface area contributed by atoms with Crippen molar-refractivity contribution in [1.82, 2.24) is 30.2 Å². The molecule has 7 atom stereocenters. The average Bonchev–Trinajstić information content (AvgIpc) is 4.06. The molecule has 1 saturated heterocycles. The molecule has 2 aliphatic heterocycles. The Morgan fingerprint density at radius 2 is 1.70 bits per heavy atom. The number of hydrogen-bond donors (Lipinski definition) is 3. The van der Waals surface area contributed by atoms with Crippen LogP contribution >= 0.6 is 0 Å². The Morgan fingerprint density at radius 1 is 1.03 bits per heavy atom. The number of rotatable bonds is 10. The summed E-state index contributed by atoms with van der Waals surface area (Å²) in [7, 11) is -1.84. The van der Waals surface area contributed by atoms with Crippen LogP contribution in [0.3, 0.4) is 0 Å². The van der Waals surface area contributed by atoms with Crippen molar-refractivity contribution >= 4 is 44.9 Å². The second-order valence-corrected chi connectivity index (χ2v) is 19.8. The average molecular weight is 939 g/mol. The van der Waals surface area contributed by atoms with Crippen molar-refractivity contribution in [2.24, 2.45) is 17.8 Å². The number of nitrogens with zero attached hydrogens (tertiary/aromatic N) is 3. The molecule has 7 unspecified atom stereocenters. The van der Waals surface area contributed by atoms with Crippen LogP contribution in [-0.2, 0) is 40.1 Å². The van der Waals surface area contributed by atoms with Gasteiger partial charge in [-0.05, 0) is 65.2 Å². The lowest BCUT2D eigenvalue weighted by Crippen LogP contribution is -2.60. The number of alkyl halides is 6. The molecule has 64 heavy (non-hydrogen) atoms. The standard InChI is InChI=1S/C40H49F7N6O10S/c1-20-9-7-8-10-22-17-38(22,34(56)52-64(58,59)37(4)11-12-37)51-31(54)27-14-23(62-32-30(39(42,43)44)48-25-15-24(41)28(61-6)16-26(25)49-32)18-53(27)33(55)29(21(13-20)19-60-5)50-35(57)63-36(2,3)40(45,46)47/h8,10,15-16,20-23,27,29H,7,9,11-14,17-19H2,1-6H3,(H,50,57)(H,51,54)(H,52,56).